The summed E-state index contributed by atoms with van der Waals surface area (Å²) in [4.78, 5) is 2.43. The van der Waals surface area contributed by atoms with Crippen molar-refractivity contribution in [2.24, 2.45) is 5.41 Å². The summed E-state index contributed by atoms with van der Waals surface area (Å²) in [7, 11) is 0. The molecule has 1 aliphatic heterocycles. The lowest BCUT2D eigenvalue weighted by Gasteiger charge is -2.36. The first kappa shape index (κ1) is 11.9. The fourth-order valence-corrected chi connectivity index (χ4v) is 3.22. The fraction of sp³-hybridized carbons (Fsp3) is 0.923. The topological polar surface area (TPSA) is 39.1 Å². The van der Waals surface area contributed by atoms with Crippen molar-refractivity contribution < 1.29 is 0 Å². The summed E-state index contributed by atoms with van der Waals surface area (Å²) in [5.74, 6) is 0. The average molecular weight is 221 g/mol. The van der Waals surface area contributed by atoms with Gasteiger partial charge in [-0.3, -0.25) is 4.90 Å². The number of hydrogen-bond donors (Lipinski definition) is 1. The van der Waals surface area contributed by atoms with Crippen LogP contribution in [0.25, 0.3) is 0 Å². The van der Waals surface area contributed by atoms with E-state index in [1.807, 2.05) is 0 Å². The summed E-state index contributed by atoms with van der Waals surface area (Å²) in [5.41, 5.74) is 0.172. The van der Waals surface area contributed by atoms with E-state index >= 15 is 0 Å². The minimum Gasteiger partial charge on any atom is -0.315 e. The summed E-state index contributed by atoms with van der Waals surface area (Å²) in [6, 6.07) is 2.63. The van der Waals surface area contributed by atoms with Gasteiger partial charge in [-0.25, -0.2) is 0 Å². The number of rotatable bonds is 1. The van der Waals surface area contributed by atoms with Crippen LogP contribution in [0.2, 0.25) is 0 Å². The Labute approximate surface area is 98.8 Å². The van der Waals surface area contributed by atoms with Gasteiger partial charge in [0, 0.05) is 19.6 Å². The Morgan fingerprint density at radius 3 is 2.62 bits per heavy atom. The predicted molar refractivity (Wildman–Crippen MR) is 65.0 cm³/mol. The highest BCUT2D eigenvalue weighted by molar-refractivity contribution is 5.15. The molecule has 2 rings (SSSR count). The third kappa shape index (κ3) is 2.23. The predicted octanol–water partition coefficient (Wildman–Crippen LogP) is 1.75. The fourth-order valence-electron chi connectivity index (χ4n) is 3.22. The van der Waals surface area contributed by atoms with Crippen LogP contribution in [0, 0.1) is 16.7 Å². The smallest absolute Gasteiger partial charge is 0.109 e. The molecular formula is C13H23N3. The molecule has 2 aliphatic rings. The third-order valence-corrected chi connectivity index (χ3v) is 4.14. The van der Waals surface area contributed by atoms with Gasteiger partial charge in [0.1, 0.15) is 5.54 Å². The molecule has 1 heterocycles. The first-order valence-electron chi connectivity index (χ1n) is 6.45. The van der Waals surface area contributed by atoms with Crippen molar-refractivity contribution in [1.29, 1.82) is 5.26 Å². The van der Waals surface area contributed by atoms with Gasteiger partial charge in [-0.1, -0.05) is 13.8 Å². The van der Waals surface area contributed by atoms with E-state index < -0.39 is 0 Å². The zero-order valence-corrected chi connectivity index (χ0v) is 10.6. The Morgan fingerprint density at radius 2 is 2.00 bits per heavy atom. The summed E-state index contributed by atoms with van der Waals surface area (Å²) < 4.78 is 0. The van der Waals surface area contributed by atoms with Crippen LogP contribution in [0.1, 0.15) is 39.5 Å². The Kier molecular flexibility index (Phi) is 3.23. The van der Waals surface area contributed by atoms with E-state index in [4.69, 9.17) is 0 Å². The minimum atomic E-state index is -0.171. The van der Waals surface area contributed by atoms with Crippen LogP contribution in [0.4, 0.5) is 0 Å². The molecule has 1 N–H and O–H groups in total. The first-order valence-corrected chi connectivity index (χ1v) is 6.45. The van der Waals surface area contributed by atoms with Crippen molar-refractivity contribution in [1.82, 2.24) is 10.2 Å². The van der Waals surface area contributed by atoms with Crippen LogP contribution in [0.3, 0.4) is 0 Å². The molecule has 0 radical (unpaired) electrons. The summed E-state index contributed by atoms with van der Waals surface area (Å²) in [6.45, 7) is 8.83. The van der Waals surface area contributed by atoms with Crippen molar-refractivity contribution in [2.75, 3.05) is 26.2 Å². The molecule has 0 spiro atoms. The lowest BCUT2D eigenvalue weighted by atomic mass is 9.87. The zero-order chi connectivity index (χ0) is 11.6. The van der Waals surface area contributed by atoms with E-state index in [-0.39, 0.29) is 5.54 Å². The SMILES string of the molecule is CC1(C)CCC(C#N)(N2CCCNCC2)C1. The molecule has 1 saturated heterocycles. The van der Waals surface area contributed by atoms with E-state index in [9.17, 15) is 5.26 Å². The molecule has 1 saturated carbocycles. The highest BCUT2D eigenvalue weighted by Gasteiger charge is 2.47. The lowest BCUT2D eigenvalue weighted by Crippen LogP contribution is -2.47. The maximum absolute atomic E-state index is 9.58. The monoisotopic (exact) mass is 221 g/mol. The zero-order valence-electron chi connectivity index (χ0n) is 10.6. The highest BCUT2D eigenvalue weighted by Crippen LogP contribution is 2.46. The van der Waals surface area contributed by atoms with Gasteiger partial charge in [0.2, 0.25) is 0 Å². The van der Waals surface area contributed by atoms with E-state index in [0.29, 0.717) is 5.41 Å². The van der Waals surface area contributed by atoms with E-state index in [2.05, 4.69) is 30.1 Å². The van der Waals surface area contributed by atoms with E-state index in [1.165, 1.54) is 12.8 Å². The van der Waals surface area contributed by atoms with Crippen LogP contribution in [-0.4, -0.2) is 36.6 Å². The highest BCUT2D eigenvalue weighted by atomic mass is 15.2. The largest absolute Gasteiger partial charge is 0.315 e. The van der Waals surface area contributed by atoms with Crippen molar-refractivity contribution in [3.05, 3.63) is 0 Å². The molecule has 0 amide bonds. The normalized spacial score (nSPS) is 35.6. The molecule has 2 fully saturated rings. The molecule has 0 aromatic rings. The summed E-state index contributed by atoms with van der Waals surface area (Å²) in [6.07, 6.45) is 4.45. The second kappa shape index (κ2) is 4.35. The van der Waals surface area contributed by atoms with Gasteiger partial charge >= 0.3 is 0 Å². The van der Waals surface area contributed by atoms with Crippen LogP contribution >= 0.6 is 0 Å². The molecule has 16 heavy (non-hydrogen) atoms. The molecule has 0 aromatic carbocycles. The Morgan fingerprint density at radius 1 is 1.19 bits per heavy atom. The Bertz CT molecular complexity index is 284. The third-order valence-electron chi connectivity index (χ3n) is 4.14. The second-order valence-electron chi connectivity index (χ2n) is 6.07. The molecule has 1 unspecified atom stereocenters. The van der Waals surface area contributed by atoms with Crippen LogP contribution in [0.5, 0.6) is 0 Å². The quantitative estimate of drug-likeness (QED) is 0.733. The molecule has 3 heteroatoms. The van der Waals surface area contributed by atoms with Crippen LogP contribution in [0.15, 0.2) is 0 Å². The molecule has 3 nitrogen and oxygen atoms in total. The lowest BCUT2D eigenvalue weighted by molar-refractivity contribution is 0.139. The molecule has 1 aliphatic carbocycles. The minimum absolute atomic E-state index is 0.171. The number of hydrogen-bond acceptors (Lipinski definition) is 3. The number of nitriles is 1. The van der Waals surface area contributed by atoms with Crippen LogP contribution in [-0.2, 0) is 0 Å². The summed E-state index contributed by atoms with van der Waals surface area (Å²) >= 11 is 0. The van der Waals surface area contributed by atoms with Gasteiger partial charge in [0.15, 0.2) is 0 Å². The van der Waals surface area contributed by atoms with Gasteiger partial charge in [-0.2, -0.15) is 5.26 Å². The first-order chi connectivity index (χ1) is 7.58. The van der Waals surface area contributed by atoms with Gasteiger partial charge in [-0.05, 0) is 37.6 Å². The molecule has 0 aromatic heterocycles. The Hall–Kier alpha value is -0.590. The summed E-state index contributed by atoms with van der Waals surface area (Å²) in [5, 5.41) is 13.0. The second-order valence-corrected chi connectivity index (χ2v) is 6.07. The maximum Gasteiger partial charge on any atom is 0.109 e. The van der Waals surface area contributed by atoms with Crippen LogP contribution < -0.4 is 5.32 Å². The van der Waals surface area contributed by atoms with Crippen molar-refractivity contribution in [3.63, 3.8) is 0 Å². The maximum atomic E-state index is 9.58. The average Bonchev–Trinajstić information content (AvgIpc) is 2.47. The molecule has 1 atom stereocenters. The van der Waals surface area contributed by atoms with Crippen molar-refractivity contribution in [2.45, 2.75) is 45.1 Å². The van der Waals surface area contributed by atoms with E-state index in [1.54, 1.807) is 0 Å². The van der Waals surface area contributed by atoms with Crippen molar-refractivity contribution in [3.8, 4) is 6.07 Å². The number of nitrogens with one attached hydrogen (secondary N) is 1. The molecule has 0 bridgehead atoms. The van der Waals surface area contributed by atoms with Crippen molar-refractivity contribution >= 4 is 0 Å². The van der Waals surface area contributed by atoms with E-state index in [0.717, 1.165) is 39.0 Å². The number of nitrogens with zero attached hydrogens (tertiary/aromatic N) is 2. The van der Waals surface area contributed by atoms with Gasteiger partial charge in [-0.15, -0.1) is 0 Å². The standard InChI is InChI=1S/C13H23N3/c1-12(2)4-5-13(10-12,11-14)16-8-3-6-15-7-9-16/h15H,3-10H2,1-2H3. The Balaban J connectivity index is 2.12. The van der Waals surface area contributed by atoms with Gasteiger partial charge < -0.3 is 5.32 Å². The molecular weight excluding hydrogens is 198 g/mol. The van der Waals surface area contributed by atoms with Gasteiger partial charge in [0.25, 0.3) is 0 Å². The van der Waals surface area contributed by atoms with Gasteiger partial charge in [0.05, 0.1) is 6.07 Å². The molecule has 90 valence electrons.